The lowest BCUT2D eigenvalue weighted by Crippen LogP contribution is -2.25. The van der Waals surface area contributed by atoms with Crippen LogP contribution in [0.3, 0.4) is 0 Å². The Morgan fingerprint density at radius 3 is 2.77 bits per heavy atom. The zero-order chi connectivity index (χ0) is 15.9. The third kappa shape index (κ3) is 3.05. The van der Waals surface area contributed by atoms with Gasteiger partial charge < -0.3 is 9.63 Å². The van der Waals surface area contributed by atoms with Gasteiger partial charge in [-0.2, -0.15) is 10.1 Å². The maximum atomic E-state index is 10.00. The highest BCUT2D eigenvalue weighted by atomic mass is 16.5. The summed E-state index contributed by atoms with van der Waals surface area (Å²) >= 11 is 0. The first-order valence-electron chi connectivity index (χ1n) is 7.59. The zero-order valence-corrected chi connectivity index (χ0v) is 13.5. The van der Waals surface area contributed by atoms with Crippen molar-refractivity contribution >= 4 is 0 Å². The molecule has 1 saturated heterocycles. The molecule has 3 rings (SSSR count). The number of aryl methyl sites for hydroxylation is 1. The first-order chi connectivity index (χ1) is 10.3. The molecule has 0 aromatic carbocycles. The highest BCUT2D eigenvalue weighted by Gasteiger charge is 2.35. The van der Waals surface area contributed by atoms with Gasteiger partial charge in [-0.1, -0.05) is 5.16 Å². The van der Waals surface area contributed by atoms with Gasteiger partial charge in [-0.25, -0.2) is 0 Å². The highest BCUT2D eigenvalue weighted by molar-refractivity contribution is 5.08. The normalized spacial score (nSPS) is 23.3. The summed E-state index contributed by atoms with van der Waals surface area (Å²) in [4.78, 5) is 6.48. The first kappa shape index (κ1) is 15.2. The van der Waals surface area contributed by atoms with Crippen LogP contribution in [0.5, 0.6) is 0 Å². The molecule has 2 aromatic heterocycles. The molecule has 1 N–H and O–H groups in total. The zero-order valence-electron chi connectivity index (χ0n) is 13.5. The Kier molecular flexibility index (Phi) is 3.78. The topological polar surface area (TPSA) is 80.2 Å². The second kappa shape index (κ2) is 5.48. The van der Waals surface area contributed by atoms with Gasteiger partial charge in [0.1, 0.15) is 0 Å². The van der Waals surface area contributed by atoms with Gasteiger partial charge >= 0.3 is 0 Å². The fraction of sp³-hybridized carbons (Fsp3) is 0.667. The van der Waals surface area contributed by atoms with Crippen molar-refractivity contribution in [2.75, 3.05) is 6.54 Å². The Morgan fingerprint density at radius 2 is 2.18 bits per heavy atom. The molecular formula is C15H23N5O2. The maximum absolute atomic E-state index is 10.00. The van der Waals surface area contributed by atoms with Crippen LogP contribution in [0.1, 0.15) is 50.5 Å². The van der Waals surface area contributed by atoms with Crippen LogP contribution < -0.4 is 0 Å². The second-order valence-electron chi connectivity index (χ2n) is 6.98. The minimum absolute atomic E-state index is 0.0332. The lowest BCUT2D eigenvalue weighted by molar-refractivity contribution is 0.169. The number of aromatic nitrogens is 4. The van der Waals surface area contributed by atoms with E-state index in [2.05, 4.69) is 47.1 Å². The summed E-state index contributed by atoms with van der Waals surface area (Å²) < 4.78 is 7.25. The molecule has 0 spiro atoms. The molecule has 1 aliphatic heterocycles. The summed E-state index contributed by atoms with van der Waals surface area (Å²) in [5.41, 5.74) is 1.08. The van der Waals surface area contributed by atoms with E-state index in [0.29, 0.717) is 31.2 Å². The molecule has 1 fully saturated rings. The van der Waals surface area contributed by atoms with Crippen LogP contribution in [-0.4, -0.2) is 42.6 Å². The smallest absolute Gasteiger partial charge is 0.244 e. The van der Waals surface area contributed by atoms with Gasteiger partial charge in [0.25, 0.3) is 0 Å². The van der Waals surface area contributed by atoms with Gasteiger partial charge in [-0.3, -0.25) is 9.58 Å². The minimum Gasteiger partial charge on any atom is -0.392 e. The monoisotopic (exact) mass is 305 g/mol. The molecule has 3 heterocycles. The SMILES string of the molecule is Cc1noc([C@H]2C[C@@H](O)CN2Cc2cnn(C(C)(C)C)c2)n1. The number of hydrogen-bond acceptors (Lipinski definition) is 6. The molecule has 2 atom stereocenters. The molecule has 0 radical (unpaired) electrons. The van der Waals surface area contributed by atoms with Gasteiger partial charge in [0.05, 0.1) is 23.9 Å². The van der Waals surface area contributed by atoms with Crippen LogP contribution >= 0.6 is 0 Å². The third-order valence-electron chi connectivity index (χ3n) is 3.92. The fourth-order valence-electron chi connectivity index (χ4n) is 2.80. The van der Waals surface area contributed by atoms with E-state index >= 15 is 0 Å². The summed E-state index contributed by atoms with van der Waals surface area (Å²) in [5.74, 6) is 1.20. The molecule has 0 aliphatic carbocycles. The van der Waals surface area contributed by atoms with E-state index in [-0.39, 0.29) is 17.7 Å². The van der Waals surface area contributed by atoms with E-state index in [0.717, 1.165) is 5.56 Å². The molecule has 0 saturated carbocycles. The van der Waals surface area contributed by atoms with Crippen molar-refractivity contribution in [1.82, 2.24) is 24.8 Å². The van der Waals surface area contributed by atoms with Crippen molar-refractivity contribution < 1.29 is 9.63 Å². The van der Waals surface area contributed by atoms with Crippen LogP contribution in [0.15, 0.2) is 16.9 Å². The Balaban J connectivity index is 1.76. The molecule has 0 unspecified atom stereocenters. The van der Waals surface area contributed by atoms with Crippen molar-refractivity contribution in [2.45, 2.75) is 58.3 Å². The van der Waals surface area contributed by atoms with Crippen LogP contribution in [0.2, 0.25) is 0 Å². The number of aliphatic hydroxyl groups excluding tert-OH is 1. The Hall–Kier alpha value is -1.73. The summed E-state index contributed by atoms with van der Waals surface area (Å²) in [6, 6.07) is -0.0332. The minimum atomic E-state index is -0.366. The number of nitrogens with zero attached hydrogens (tertiary/aromatic N) is 5. The Morgan fingerprint density at radius 1 is 1.41 bits per heavy atom. The predicted molar refractivity (Wildman–Crippen MR) is 80.0 cm³/mol. The largest absolute Gasteiger partial charge is 0.392 e. The Labute approximate surface area is 129 Å². The van der Waals surface area contributed by atoms with E-state index in [4.69, 9.17) is 4.52 Å². The van der Waals surface area contributed by atoms with E-state index < -0.39 is 0 Å². The molecule has 120 valence electrons. The van der Waals surface area contributed by atoms with Crippen molar-refractivity contribution in [3.05, 3.63) is 29.7 Å². The van der Waals surface area contributed by atoms with Gasteiger partial charge in [0, 0.05) is 24.8 Å². The summed E-state index contributed by atoms with van der Waals surface area (Å²) in [6.07, 6.45) is 4.19. The van der Waals surface area contributed by atoms with Crippen LogP contribution in [0.4, 0.5) is 0 Å². The summed E-state index contributed by atoms with van der Waals surface area (Å²) in [6.45, 7) is 9.47. The van der Waals surface area contributed by atoms with E-state index in [9.17, 15) is 5.11 Å². The molecule has 1 aliphatic rings. The molecule has 0 amide bonds. The summed E-state index contributed by atoms with van der Waals surface area (Å²) in [7, 11) is 0. The van der Waals surface area contributed by atoms with Crippen molar-refractivity contribution in [2.24, 2.45) is 0 Å². The molecule has 2 aromatic rings. The lowest BCUT2D eigenvalue weighted by Gasteiger charge is -2.21. The van der Waals surface area contributed by atoms with E-state index in [1.165, 1.54) is 0 Å². The number of aliphatic hydroxyl groups is 1. The van der Waals surface area contributed by atoms with Crippen LogP contribution in [-0.2, 0) is 12.1 Å². The quantitative estimate of drug-likeness (QED) is 0.928. The van der Waals surface area contributed by atoms with Crippen molar-refractivity contribution in [3.8, 4) is 0 Å². The predicted octanol–water partition coefficient (Wildman–Crippen LogP) is 1.64. The maximum Gasteiger partial charge on any atom is 0.244 e. The number of likely N-dealkylation sites (tertiary alicyclic amines) is 1. The standard InChI is InChI=1S/C15H23N5O2/c1-10-17-14(22-18-10)13-5-12(21)9-19(13)7-11-6-16-20(8-11)15(2,3)4/h6,8,12-13,21H,5,7,9H2,1-4H3/t12-,13-/m1/s1. The molecule has 22 heavy (non-hydrogen) atoms. The lowest BCUT2D eigenvalue weighted by atomic mass is 10.1. The van der Waals surface area contributed by atoms with E-state index in [1.54, 1.807) is 6.92 Å². The first-order valence-corrected chi connectivity index (χ1v) is 7.59. The number of β-amino-alcohol motifs (C(OH)–C–C–N with tert-alkyl or cyclic N) is 1. The van der Waals surface area contributed by atoms with Crippen LogP contribution in [0, 0.1) is 6.92 Å². The van der Waals surface area contributed by atoms with Crippen molar-refractivity contribution in [1.29, 1.82) is 0 Å². The average molecular weight is 305 g/mol. The highest BCUT2D eigenvalue weighted by Crippen LogP contribution is 2.32. The van der Waals surface area contributed by atoms with Gasteiger partial charge in [-0.15, -0.1) is 0 Å². The van der Waals surface area contributed by atoms with Crippen molar-refractivity contribution in [3.63, 3.8) is 0 Å². The van der Waals surface area contributed by atoms with E-state index in [1.807, 2.05) is 10.9 Å². The number of rotatable bonds is 3. The molecular weight excluding hydrogens is 282 g/mol. The summed E-state index contributed by atoms with van der Waals surface area (Å²) in [5, 5.41) is 18.3. The third-order valence-corrected chi connectivity index (χ3v) is 3.92. The van der Waals surface area contributed by atoms with Gasteiger partial charge in [0.15, 0.2) is 5.82 Å². The molecule has 7 nitrogen and oxygen atoms in total. The number of hydrogen-bond donors (Lipinski definition) is 1. The second-order valence-corrected chi connectivity index (χ2v) is 6.98. The average Bonchev–Trinajstić information content (AvgIpc) is 3.09. The fourth-order valence-corrected chi connectivity index (χ4v) is 2.80. The van der Waals surface area contributed by atoms with Gasteiger partial charge in [-0.05, 0) is 34.1 Å². The molecule has 0 bridgehead atoms. The van der Waals surface area contributed by atoms with Gasteiger partial charge in [0.2, 0.25) is 5.89 Å². The Bertz CT molecular complexity index is 642. The van der Waals surface area contributed by atoms with Crippen LogP contribution in [0.25, 0.3) is 0 Å². The molecule has 7 heteroatoms.